The Kier molecular flexibility index (Phi) is 1.50. The Balaban J connectivity index is 1.88. The van der Waals surface area contributed by atoms with Crippen LogP contribution < -0.4 is 0 Å². The predicted molar refractivity (Wildman–Crippen MR) is 38.4 cm³/mol. The summed E-state index contributed by atoms with van der Waals surface area (Å²) in [6.45, 7) is 9.00. The minimum Gasteiger partial charge on any atom is -0.349 e. The average Bonchev–Trinajstić information content (AvgIpc) is 1.81. The van der Waals surface area contributed by atoms with Crippen LogP contribution in [0.5, 0.6) is 0 Å². The molecule has 3 nitrogen and oxygen atoms in total. The Morgan fingerprint density at radius 2 is 1.36 bits per heavy atom. The highest BCUT2D eigenvalue weighted by molar-refractivity contribution is 4.89. The molecule has 2 aliphatic heterocycles. The molecule has 0 aromatic carbocycles. The van der Waals surface area contributed by atoms with E-state index in [2.05, 4.69) is 13.8 Å². The van der Waals surface area contributed by atoms with Crippen molar-refractivity contribution in [3.63, 3.8) is 0 Å². The van der Waals surface area contributed by atoms with E-state index >= 15 is 0 Å². The third-order valence-corrected chi connectivity index (χ3v) is 2.07. The molecule has 0 bridgehead atoms. The van der Waals surface area contributed by atoms with Gasteiger partial charge in [0.05, 0.1) is 13.2 Å². The zero-order chi connectivity index (χ0) is 7.95. The topological polar surface area (TPSA) is 27.7 Å². The van der Waals surface area contributed by atoms with Crippen LogP contribution in [-0.4, -0.2) is 24.8 Å². The first-order chi connectivity index (χ1) is 5.12. The Labute approximate surface area is 66.6 Å². The molecule has 2 radical (unpaired) electrons. The summed E-state index contributed by atoms with van der Waals surface area (Å²) in [5, 5.41) is 0. The van der Waals surface area contributed by atoms with E-state index in [1.807, 2.05) is 0 Å². The number of rotatable bonds is 2. The van der Waals surface area contributed by atoms with Crippen LogP contribution in [0.3, 0.4) is 0 Å². The second-order valence-electron chi connectivity index (χ2n) is 3.12. The molecule has 2 saturated heterocycles. The fourth-order valence-electron chi connectivity index (χ4n) is 1.16. The van der Waals surface area contributed by atoms with Gasteiger partial charge in [-0.05, 0) is 0 Å². The van der Waals surface area contributed by atoms with Crippen molar-refractivity contribution in [1.82, 2.24) is 0 Å². The largest absolute Gasteiger partial charge is 0.349 e. The van der Waals surface area contributed by atoms with Crippen molar-refractivity contribution in [3.8, 4) is 0 Å². The lowest BCUT2D eigenvalue weighted by Crippen LogP contribution is -2.55. The molecule has 0 spiro atoms. The molecule has 2 fully saturated rings. The minimum atomic E-state index is -0.678. The van der Waals surface area contributed by atoms with Crippen molar-refractivity contribution in [2.45, 2.75) is 24.4 Å². The van der Waals surface area contributed by atoms with Gasteiger partial charge >= 0.3 is 0 Å². The van der Waals surface area contributed by atoms with Crippen molar-refractivity contribution in [1.29, 1.82) is 0 Å². The first-order valence-corrected chi connectivity index (χ1v) is 3.81. The van der Waals surface area contributed by atoms with Crippen LogP contribution in [0, 0.1) is 13.8 Å². The summed E-state index contributed by atoms with van der Waals surface area (Å²) >= 11 is 0. The lowest BCUT2D eigenvalue weighted by molar-refractivity contribution is -0.396. The zero-order valence-corrected chi connectivity index (χ0v) is 6.47. The van der Waals surface area contributed by atoms with E-state index in [0.29, 0.717) is 0 Å². The van der Waals surface area contributed by atoms with Gasteiger partial charge in [0.15, 0.2) is 11.6 Å². The van der Waals surface area contributed by atoms with Crippen molar-refractivity contribution in [2.24, 2.45) is 0 Å². The van der Waals surface area contributed by atoms with Crippen LogP contribution in [0.2, 0.25) is 0 Å². The molecular formula is C8H12O3. The van der Waals surface area contributed by atoms with Crippen LogP contribution in [0.15, 0.2) is 0 Å². The zero-order valence-electron chi connectivity index (χ0n) is 6.47. The van der Waals surface area contributed by atoms with Crippen molar-refractivity contribution in [2.75, 3.05) is 13.2 Å². The van der Waals surface area contributed by atoms with E-state index in [1.54, 1.807) is 0 Å². The maximum Gasteiger partial charge on any atom is 0.174 e. The van der Waals surface area contributed by atoms with Crippen molar-refractivity contribution >= 4 is 0 Å². The molecular weight excluding hydrogens is 144 g/mol. The van der Waals surface area contributed by atoms with Gasteiger partial charge in [-0.25, -0.2) is 0 Å². The normalized spacial score (nSPS) is 49.6. The highest BCUT2D eigenvalue weighted by Crippen LogP contribution is 2.37. The molecule has 0 aromatic rings. The molecule has 0 N–H and O–H groups in total. The van der Waals surface area contributed by atoms with Gasteiger partial charge in [0, 0.05) is 26.7 Å². The monoisotopic (exact) mass is 156 g/mol. The second-order valence-corrected chi connectivity index (χ2v) is 3.12. The van der Waals surface area contributed by atoms with Crippen LogP contribution in [0.4, 0.5) is 0 Å². The van der Waals surface area contributed by atoms with Gasteiger partial charge in [-0.15, -0.1) is 0 Å². The first kappa shape index (κ1) is 7.53. The molecule has 2 atom stereocenters. The van der Waals surface area contributed by atoms with Gasteiger partial charge in [0.2, 0.25) is 0 Å². The molecule has 3 heteroatoms. The molecule has 2 heterocycles. The van der Waals surface area contributed by atoms with E-state index < -0.39 is 11.6 Å². The number of ether oxygens (including phenoxy) is 3. The van der Waals surface area contributed by atoms with Crippen LogP contribution in [0.1, 0.15) is 12.8 Å². The molecule has 0 aromatic heterocycles. The van der Waals surface area contributed by atoms with E-state index in [9.17, 15) is 0 Å². The standard InChI is InChI=1S/C8H12O3/c1-7(3-5-9-7)11-8(2)4-6-10-8/h1-6H2. The quantitative estimate of drug-likeness (QED) is 0.594. The summed E-state index contributed by atoms with van der Waals surface area (Å²) in [6, 6.07) is 0. The lowest BCUT2D eigenvalue weighted by atomic mass is 10.1. The third kappa shape index (κ3) is 1.28. The fourth-order valence-corrected chi connectivity index (χ4v) is 1.16. The average molecular weight is 156 g/mol. The van der Waals surface area contributed by atoms with Gasteiger partial charge in [-0.1, -0.05) is 0 Å². The SMILES string of the molecule is [CH2]C1(OC2([CH2])CCO2)CCO1. The minimum absolute atomic E-state index is 0.678. The Hall–Kier alpha value is -0.120. The lowest BCUT2D eigenvalue weighted by Gasteiger charge is -2.48. The fraction of sp³-hybridized carbons (Fsp3) is 0.750. The van der Waals surface area contributed by atoms with Gasteiger partial charge in [-0.3, -0.25) is 0 Å². The molecule has 0 amide bonds. The van der Waals surface area contributed by atoms with E-state index in [-0.39, 0.29) is 0 Å². The Morgan fingerprint density at radius 3 is 1.55 bits per heavy atom. The van der Waals surface area contributed by atoms with Crippen molar-refractivity contribution < 1.29 is 14.2 Å². The molecule has 2 rings (SSSR count). The Morgan fingerprint density at radius 1 is 1.00 bits per heavy atom. The number of hydrogen-bond acceptors (Lipinski definition) is 3. The summed E-state index contributed by atoms with van der Waals surface area (Å²) in [5.41, 5.74) is 0. The molecule has 2 aliphatic rings. The van der Waals surface area contributed by atoms with Gasteiger partial charge < -0.3 is 14.2 Å². The van der Waals surface area contributed by atoms with Crippen molar-refractivity contribution in [3.05, 3.63) is 13.8 Å². The van der Waals surface area contributed by atoms with E-state index in [1.165, 1.54) is 0 Å². The van der Waals surface area contributed by atoms with Crippen LogP contribution in [0.25, 0.3) is 0 Å². The summed E-state index contributed by atoms with van der Waals surface area (Å²) < 4.78 is 15.7. The summed E-state index contributed by atoms with van der Waals surface area (Å²) in [4.78, 5) is 0. The molecule has 62 valence electrons. The molecule has 2 unspecified atom stereocenters. The summed E-state index contributed by atoms with van der Waals surface area (Å²) in [6.07, 6.45) is 1.65. The maximum atomic E-state index is 5.43. The van der Waals surface area contributed by atoms with Crippen LogP contribution >= 0.6 is 0 Å². The van der Waals surface area contributed by atoms with Gasteiger partial charge in [0.1, 0.15) is 0 Å². The van der Waals surface area contributed by atoms with Gasteiger partial charge in [-0.2, -0.15) is 0 Å². The second kappa shape index (κ2) is 2.19. The highest BCUT2D eigenvalue weighted by atomic mass is 16.8. The molecule has 11 heavy (non-hydrogen) atoms. The number of hydrogen-bond donors (Lipinski definition) is 0. The summed E-state index contributed by atoms with van der Waals surface area (Å²) in [7, 11) is 0. The Bertz CT molecular complexity index is 141. The molecule has 0 saturated carbocycles. The maximum absolute atomic E-state index is 5.43. The summed E-state index contributed by atoms with van der Waals surface area (Å²) in [5.74, 6) is -1.36. The highest BCUT2D eigenvalue weighted by Gasteiger charge is 2.45. The van der Waals surface area contributed by atoms with Crippen LogP contribution in [-0.2, 0) is 14.2 Å². The third-order valence-electron chi connectivity index (χ3n) is 2.07. The van der Waals surface area contributed by atoms with E-state index in [0.717, 1.165) is 26.1 Å². The molecule has 0 aliphatic carbocycles. The van der Waals surface area contributed by atoms with Gasteiger partial charge in [0.25, 0.3) is 0 Å². The predicted octanol–water partition coefficient (Wildman–Crippen LogP) is 0.904. The smallest absolute Gasteiger partial charge is 0.174 e. The van der Waals surface area contributed by atoms with E-state index in [4.69, 9.17) is 14.2 Å². The first-order valence-electron chi connectivity index (χ1n) is 3.81.